The van der Waals surface area contributed by atoms with E-state index in [0.29, 0.717) is 10.6 Å². The molecule has 3 aromatic carbocycles. The Morgan fingerprint density at radius 2 is 1.50 bits per heavy atom. The van der Waals surface area contributed by atoms with E-state index in [9.17, 15) is 26.9 Å². The van der Waals surface area contributed by atoms with E-state index in [4.69, 9.17) is 23.2 Å². The fraction of sp³-hybridized carbons (Fsp3) is 0.0526. The zero-order valence-corrected chi connectivity index (χ0v) is 19.4. The van der Waals surface area contributed by atoms with Crippen molar-refractivity contribution in [3.8, 4) is 0 Å². The highest BCUT2D eigenvalue weighted by Crippen LogP contribution is 2.28. The van der Waals surface area contributed by atoms with Crippen LogP contribution in [0.3, 0.4) is 0 Å². The lowest BCUT2D eigenvalue weighted by atomic mass is 10.2. The van der Waals surface area contributed by atoms with Crippen molar-refractivity contribution in [2.24, 2.45) is 0 Å². The maximum Gasteiger partial charge on any atom is 0.270 e. The van der Waals surface area contributed by atoms with E-state index in [1.165, 1.54) is 61.5 Å². The van der Waals surface area contributed by atoms with Gasteiger partial charge in [0.15, 0.2) is 0 Å². The largest absolute Gasteiger partial charge is 0.280 e. The number of halogens is 2. The van der Waals surface area contributed by atoms with Crippen LogP contribution in [-0.4, -0.2) is 21.8 Å². The molecule has 32 heavy (non-hydrogen) atoms. The van der Waals surface area contributed by atoms with Gasteiger partial charge in [0.05, 0.1) is 25.4 Å². The molecule has 0 amide bonds. The van der Waals surface area contributed by atoms with Gasteiger partial charge < -0.3 is 0 Å². The Labute approximate surface area is 194 Å². The van der Waals surface area contributed by atoms with Gasteiger partial charge in [0.1, 0.15) is 0 Å². The first kappa shape index (κ1) is 23.8. The number of nitrogens with one attached hydrogen (secondary N) is 2. The van der Waals surface area contributed by atoms with Crippen molar-refractivity contribution in [1.29, 1.82) is 0 Å². The summed E-state index contributed by atoms with van der Waals surface area (Å²) in [4.78, 5) is 9.86. The molecule has 0 aliphatic rings. The molecular formula is C19H15Cl2N3O6S2. The Bertz CT molecular complexity index is 1410. The predicted molar refractivity (Wildman–Crippen MR) is 122 cm³/mol. The van der Waals surface area contributed by atoms with E-state index in [2.05, 4.69) is 9.44 Å². The van der Waals surface area contributed by atoms with E-state index in [1.54, 1.807) is 0 Å². The van der Waals surface area contributed by atoms with E-state index >= 15 is 0 Å². The maximum atomic E-state index is 12.7. The summed E-state index contributed by atoms with van der Waals surface area (Å²) >= 11 is 11.8. The standard InChI is InChI=1S/C19H15Cl2N3O6S2/c1-12-2-6-15(24(25)26)11-19(12)32(29,30)22-14-4-7-16(8-5-14)31(27,28)23-18-9-3-13(20)10-17(18)21/h2-11,22-23H,1H3. The molecule has 2 N–H and O–H groups in total. The van der Waals surface area contributed by atoms with Gasteiger partial charge in [-0.1, -0.05) is 29.3 Å². The monoisotopic (exact) mass is 515 g/mol. The molecule has 0 atom stereocenters. The van der Waals surface area contributed by atoms with Gasteiger partial charge >= 0.3 is 0 Å². The highest BCUT2D eigenvalue weighted by atomic mass is 35.5. The predicted octanol–water partition coefficient (Wildman–Crippen LogP) is 4.81. The van der Waals surface area contributed by atoms with Crippen LogP contribution in [0.5, 0.6) is 0 Å². The van der Waals surface area contributed by atoms with Crippen molar-refractivity contribution in [3.05, 3.63) is 86.4 Å². The molecule has 9 nitrogen and oxygen atoms in total. The summed E-state index contributed by atoms with van der Waals surface area (Å²) in [6.07, 6.45) is 0. The summed E-state index contributed by atoms with van der Waals surface area (Å²) in [5, 5.41) is 11.4. The lowest BCUT2D eigenvalue weighted by Crippen LogP contribution is -2.15. The van der Waals surface area contributed by atoms with Crippen LogP contribution in [0, 0.1) is 17.0 Å². The summed E-state index contributed by atoms with van der Waals surface area (Å²) in [6, 6.07) is 12.7. The highest BCUT2D eigenvalue weighted by molar-refractivity contribution is 7.93. The second kappa shape index (κ2) is 8.94. The summed E-state index contributed by atoms with van der Waals surface area (Å²) in [5.74, 6) is 0. The molecule has 0 heterocycles. The molecule has 0 spiro atoms. The highest BCUT2D eigenvalue weighted by Gasteiger charge is 2.21. The van der Waals surface area contributed by atoms with Gasteiger partial charge in [-0.3, -0.25) is 19.6 Å². The first-order chi connectivity index (χ1) is 14.9. The van der Waals surface area contributed by atoms with E-state index in [1.807, 2.05) is 0 Å². The molecule has 0 aliphatic heterocycles. The number of sulfonamides is 2. The SMILES string of the molecule is Cc1ccc([N+](=O)[O-])cc1S(=O)(=O)Nc1ccc(S(=O)(=O)Nc2ccc(Cl)cc2Cl)cc1. The molecule has 0 aromatic heterocycles. The van der Waals surface area contributed by atoms with Gasteiger partial charge in [-0.15, -0.1) is 0 Å². The summed E-state index contributed by atoms with van der Waals surface area (Å²) in [6.45, 7) is 1.50. The molecule has 0 saturated carbocycles. The molecule has 0 unspecified atom stereocenters. The average Bonchev–Trinajstić information content (AvgIpc) is 2.70. The normalized spacial score (nSPS) is 11.7. The zero-order valence-electron chi connectivity index (χ0n) is 16.2. The Morgan fingerprint density at radius 3 is 2.09 bits per heavy atom. The summed E-state index contributed by atoms with van der Waals surface area (Å²) in [7, 11) is -8.17. The Hall–Kier alpha value is -2.86. The molecular weight excluding hydrogens is 501 g/mol. The number of non-ortho nitro benzene ring substituents is 1. The van der Waals surface area contributed by atoms with E-state index < -0.39 is 25.0 Å². The molecule has 0 fully saturated rings. The van der Waals surface area contributed by atoms with Crippen molar-refractivity contribution >= 4 is 60.3 Å². The second-order valence-electron chi connectivity index (χ2n) is 6.57. The number of nitrogens with zero attached hydrogens (tertiary/aromatic N) is 1. The quantitative estimate of drug-likeness (QED) is 0.342. The van der Waals surface area contributed by atoms with Crippen molar-refractivity contribution in [2.45, 2.75) is 16.7 Å². The van der Waals surface area contributed by atoms with Crippen molar-refractivity contribution in [2.75, 3.05) is 9.44 Å². The topological polar surface area (TPSA) is 135 Å². The van der Waals surface area contributed by atoms with Crippen LogP contribution in [0.1, 0.15) is 5.56 Å². The van der Waals surface area contributed by atoms with Crippen LogP contribution >= 0.6 is 23.2 Å². The van der Waals surface area contributed by atoms with Gasteiger partial charge in [-0.25, -0.2) is 16.8 Å². The van der Waals surface area contributed by atoms with Crippen LogP contribution in [0.4, 0.5) is 17.1 Å². The fourth-order valence-electron chi connectivity index (χ4n) is 2.68. The van der Waals surface area contributed by atoms with Gasteiger partial charge in [-0.05, 0) is 55.0 Å². The van der Waals surface area contributed by atoms with Gasteiger partial charge in [-0.2, -0.15) is 0 Å². The van der Waals surface area contributed by atoms with Gasteiger partial charge in [0, 0.05) is 22.8 Å². The lowest BCUT2D eigenvalue weighted by molar-refractivity contribution is -0.385. The summed E-state index contributed by atoms with van der Waals surface area (Å²) in [5.41, 5.74) is 0.136. The number of hydrogen-bond acceptors (Lipinski definition) is 6. The molecule has 3 rings (SSSR count). The third kappa shape index (κ3) is 5.30. The zero-order chi connectivity index (χ0) is 23.7. The number of aryl methyl sites for hydroxylation is 1. The minimum Gasteiger partial charge on any atom is -0.280 e. The minimum atomic E-state index is -4.16. The molecule has 0 radical (unpaired) electrons. The number of rotatable bonds is 7. The number of nitro benzene ring substituents is 1. The molecule has 0 saturated heterocycles. The molecule has 0 bridgehead atoms. The van der Waals surface area contributed by atoms with Gasteiger partial charge in [0.25, 0.3) is 25.7 Å². The molecule has 3 aromatic rings. The number of hydrogen-bond donors (Lipinski definition) is 2. The van der Waals surface area contributed by atoms with Gasteiger partial charge in [0.2, 0.25) is 0 Å². The smallest absolute Gasteiger partial charge is 0.270 e. The maximum absolute atomic E-state index is 12.7. The minimum absolute atomic E-state index is 0.0689. The fourth-order valence-corrected chi connectivity index (χ4v) is 5.60. The number of nitro groups is 1. The number of benzene rings is 3. The first-order valence-corrected chi connectivity index (χ1v) is 12.5. The third-order valence-corrected chi connectivity index (χ3v) is 7.72. The van der Waals surface area contributed by atoms with Crippen molar-refractivity contribution in [3.63, 3.8) is 0 Å². The van der Waals surface area contributed by atoms with E-state index in [-0.39, 0.29) is 31.9 Å². The Kier molecular flexibility index (Phi) is 6.65. The van der Waals surface area contributed by atoms with Crippen LogP contribution in [0.15, 0.2) is 70.5 Å². The van der Waals surface area contributed by atoms with Crippen molar-refractivity contribution < 1.29 is 21.8 Å². The molecule has 13 heteroatoms. The Balaban J connectivity index is 1.84. The average molecular weight is 516 g/mol. The third-order valence-electron chi connectivity index (χ3n) is 4.26. The van der Waals surface area contributed by atoms with Crippen LogP contribution < -0.4 is 9.44 Å². The van der Waals surface area contributed by atoms with Crippen LogP contribution in [0.25, 0.3) is 0 Å². The first-order valence-electron chi connectivity index (χ1n) is 8.75. The van der Waals surface area contributed by atoms with Crippen LogP contribution in [0.2, 0.25) is 10.0 Å². The molecule has 168 valence electrons. The van der Waals surface area contributed by atoms with Crippen LogP contribution in [-0.2, 0) is 20.0 Å². The van der Waals surface area contributed by atoms with E-state index in [0.717, 1.165) is 6.07 Å². The lowest BCUT2D eigenvalue weighted by Gasteiger charge is -2.12. The Morgan fingerprint density at radius 1 is 0.844 bits per heavy atom. The molecule has 0 aliphatic carbocycles. The number of anilines is 2. The van der Waals surface area contributed by atoms with Crippen molar-refractivity contribution in [1.82, 2.24) is 0 Å². The summed E-state index contributed by atoms with van der Waals surface area (Å²) < 4.78 is 55.2. The second-order valence-corrected chi connectivity index (χ2v) is 10.7.